The van der Waals surface area contributed by atoms with E-state index in [1.165, 1.54) is 0 Å². The summed E-state index contributed by atoms with van der Waals surface area (Å²) in [5.41, 5.74) is 0. The second-order valence-corrected chi connectivity index (χ2v) is 6.12. The lowest BCUT2D eigenvalue weighted by molar-refractivity contribution is 0.00609. The molecule has 0 amide bonds. The van der Waals surface area contributed by atoms with Crippen molar-refractivity contribution in [2.75, 3.05) is 38.3 Å². The van der Waals surface area contributed by atoms with E-state index in [1.54, 1.807) is 18.4 Å². The molecular weight excluding hydrogens is 262 g/mol. The SMILES string of the molecule is COCCOC1CCN(c2nnc(C(C)C)s2)CC1. The fraction of sp³-hybridized carbons (Fsp3) is 0.846. The zero-order chi connectivity index (χ0) is 13.7. The van der Waals surface area contributed by atoms with E-state index in [9.17, 15) is 0 Å². The van der Waals surface area contributed by atoms with Gasteiger partial charge in [-0.15, -0.1) is 10.2 Å². The van der Waals surface area contributed by atoms with Crippen LogP contribution in [-0.4, -0.2) is 49.7 Å². The van der Waals surface area contributed by atoms with E-state index in [2.05, 4.69) is 28.9 Å². The normalized spacial score (nSPS) is 17.4. The van der Waals surface area contributed by atoms with Crippen molar-refractivity contribution in [3.8, 4) is 0 Å². The van der Waals surface area contributed by atoms with Crippen LogP contribution >= 0.6 is 11.3 Å². The third-order valence-electron chi connectivity index (χ3n) is 3.28. The summed E-state index contributed by atoms with van der Waals surface area (Å²) in [6, 6.07) is 0. The topological polar surface area (TPSA) is 47.5 Å². The van der Waals surface area contributed by atoms with E-state index in [4.69, 9.17) is 9.47 Å². The highest BCUT2D eigenvalue weighted by molar-refractivity contribution is 7.15. The Hall–Kier alpha value is -0.720. The number of anilines is 1. The van der Waals surface area contributed by atoms with Crippen molar-refractivity contribution in [3.05, 3.63) is 5.01 Å². The first-order valence-electron chi connectivity index (χ1n) is 6.89. The Morgan fingerprint density at radius 2 is 2.00 bits per heavy atom. The van der Waals surface area contributed by atoms with Gasteiger partial charge in [0.2, 0.25) is 5.13 Å². The van der Waals surface area contributed by atoms with Gasteiger partial charge in [0.15, 0.2) is 0 Å². The smallest absolute Gasteiger partial charge is 0.208 e. The highest BCUT2D eigenvalue weighted by atomic mass is 32.1. The summed E-state index contributed by atoms with van der Waals surface area (Å²) in [5.74, 6) is 0.459. The molecule has 0 bridgehead atoms. The molecular formula is C13H23N3O2S. The van der Waals surface area contributed by atoms with Gasteiger partial charge in [-0.3, -0.25) is 0 Å². The van der Waals surface area contributed by atoms with Crippen LogP contribution in [0.25, 0.3) is 0 Å². The molecule has 0 aliphatic carbocycles. The summed E-state index contributed by atoms with van der Waals surface area (Å²) in [6.45, 7) is 7.68. The lowest BCUT2D eigenvalue weighted by Crippen LogP contribution is -2.37. The van der Waals surface area contributed by atoms with Gasteiger partial charge in [-0.2, -0.15) is 0 Å². The predicted molar refractivity (Wildman–Crippen MR) is 77.1 cm³/mol. The van der Waals surface area contributed by atoms with Crippen molar-refractivity contribution >= 4 is 16.5 Å². The quantitative estimate of drug-likeness (QED) is 0.751. The van der Waals surface area contributed by atoms with Crippen LogP contribution in [0, 0.1) is 0 Å². The summed E-state index contributed by atoms with van der Waals surface area (Å²) in [5, 5.41) is 10.7. The van der Waals surface area contributed by atoms with Crippen LogP contribution in [-0.2, 0) is 9.47 Å². The standard InChI is InChI=1S/C13H23N3O2S/c1-10(2)12-14-15-13(19-12)16-6-4-11(5-7-16)18-9-8-17-3/h10-11H,4-9H2,1-3H3. The molecule has 1 aliphatic rings. The summed E-state index contributed by atoms with van der Waals surface area (Å²) >= 11 is 1.71. The number of nitrogens with zero attached hydrogens (tertiary/aromatic N) is 3. The molecule has 2 heterocycles. The van der Waals surface area contributed by atoms with Gasteiger partial charge in [0.05, 0.1) is 19.3 Å². The minimum absolute atomic E-state index is 0.365. The summed E-state index contributed by atoms with van der Waals surface area (Å²) in [6.07, 6.45) is 2.48. The molecule has 1 aromatic heterocycles. The lowest BCUT2D eigenvalue weighted by Gasteiger charge is -2.31. The number of hydrogen-bond donors (Lipinski definition) is 0. The fourth-order valence-corrected chi connectivity index (χ4v) is 3.00. The van der Waals surface area contributed by atoms with E-state index < -0.39 is 0 Å². The van der Waals surface area contributed by atoms with Gasteiger partial charge in [-0.25, -0.2) is 0 Å². The van der Waals surface area contributed by atoms with E-state index in [1.807, 2.05) is 0 Å². The maximum atomic E-state index is 5.77. The van der Waals surface area contributed by atoms with E-state index in [0.29, 0.717) is 25.2 Å². The highest BCUT2D eigenvalue weighted by Gasteiger charge is 2.22. The zero-order valence-corrected chi connectivity index (χ0v) is 12.8. The maximum Gasteiger partial charge on any atom is 0.208 e. The van der Waals surface area contributed by atoms with Gasteiger partial charge in [-0.05, 0) is 12.8 Å². The Morgan fingerprint density at radius 3 is 2.58 bits per heavy atom. The fourth-order valence-electron chi connectivity index (χ4n) is 2.10. The van der Waals surface area contributed by atoms with E-state index in [0.717, 1.165) is 36.1 Å². The Kier molecular flexibility index (Phi) is 5.54. The molecule has 1 aromatic rings. The van der Waals surface area contributed by atoms with Crippen molar-refractivity contribution < 1.29 is 9.47 Å². The first-order chi connectivity index (χ1) is 9.20. The van der Waals surface area contributed by atoms with Crippen molar-refractivity contribution in [3.63, 3.8) is 0 Å². The molecule has 0 saturated carbocycles. The Labute approximate surface area is 118 Å². The number of rotatable bonds is 6. The largest absolute Gasteiger partial charge is 0.382 e. The monoisotopic (exact) mass is 285 g/mol. The number of hydrogen-bond acceptors (Lipinski definition) is 6. The first kappa shape index (κ1) is 14.7. The van der Waals surface area contributed by atoms with Crippen LogP contribution in [0.2, 0.25) is 0 Å². The van der Waals surface area contributed by atoms with Gasteiger partial charge < -0.3 is 14.4 Å². The Morgan fingerprint density at radius 1 is 1.26 bits per heavy atom. The summed E-state index contributed by atoms with van der Waals surface area (Å²) < 4.78 is 10.8. The minimum Gasteiger partial charge on any atom is -0.382 e. The molecule has 5 nitrogen and oxygen atoms in total. The molecule has 19 heavy (non-hydrogen) atoms. The van der Waals surface area contributed by atoms with Gasteiger partial charge in [-0.1, -0.05) is 25.2 Å². The molecule has 1 fully saturated rings. The molecule has 6 heteroatoms. The minimum atomic E-state index is 0.365. The molecule has 1 saturated heterocycles. The molecule has 2 rings (SSSR count). The van der Waals surface area contributed by atoms with Crippen molar-refractivity contribution in [2.45, 2.75) is 38.7 Å². The van der Waals surface area contributed by atoms with Crippen LogP contribution < -0.4 is 4.90 Å². The average molecular weight is 285 g/mol. The van der Waals surface area contributed by atoms with E-state index >= 15 is 0 Å². The number of ether oxygens (including phenoxy) is 2. The zero-order valence-electron chi connectivity index (χ0n) is 12.0. The molecule has 0 aromatic carbocycles. The lowest BCUT2D eigenvalue weighted by atomic mass is 10.1. The van der Waals surface area contributed by atoms with Gasteiger partial charge >= 0.3 is 0 Å². The first-order valence-corrected chi connectivity index (χ1v) is 7.71. The molecule has 108 valence electrons. The molecule has 0 atom stereocenters. The summed E-state index contributed by atoms with van der Waals surface area (Å²) in [7, 11) is 1.70. The van der Waals surface area contributed by atoms with Crippen molar-refractivity contribution in [1.29, 1.82) is 0 Å². The predicted octanol–water partition coefficient (Wildman–Crippen LogP) is 2.29. The van der Waals surface area contributed by atoms with Gasteiger partial charge in [0, 0.05) is 26.1 Å². The van der Waals surface area contributed by atoms with Crippen LogP contribution in [0.4, 0.5) is 5.13 Å². The second-order valence-electron chi connectivity index (χ2n) is 5.13. The third-order valence-corrected chi connectivity index (χ3v) is 4.56. The second kappa shape index (κ2) is 7.17. The number of piperidine rings is 1. The Balaban J connectivity index is 1.79. The van der Waals surface area contributed by atoms with Crippen molar-refractivity contribution in [1.82, 2.24) is 10.2 Å². The van der Waals surface area contributed by atoms with Crippen LogP contribution in [0.1, 0.15) is 37.6 Å². The van der Waals surface area contributed by atoms with Gasteiger partial charge in [0.25, 0.3) is 0 Å². The molecule has 0 N–H and O–H groups in total. The van der Waals surface area contributed by atoms with Crippen molar-refractivity contribution in [2.24, 2.45) is 0 Å². The molecule has 0 radical (unpaired) electrons. The average Bonchev–Trinajstić information content (AvgIpc) is 2.90. The van der Waals surface area contributed by atoms with Crippen LogP contribution in [0.15, 0.2) is 0 Å². The van der Waals surface area contributed by atoms with Crippen LogP contribution in [0.5, 0.6) is 0 Å². The number of aromatic nitrogens is 2. The molecule has 0 unspecified atom stereocenters. The van der Waals surface area contributed by atoms with E-state index in [-0.39, 0.29) is 0 Å². The van der Waals surface area contributed by atoms with Gasteiger partial charge in [0.1, 0.15) is 5.01 Å². The maximum absolute atomic E-state index is 5.77. The molecule has 0 spiro atoms. The Bertz CT molecular complexity index is 376. The number of methoxy groups -OCH3 is 1. The highest BCUT2D eigenvalue weighted by Crippen LogP contribution is 2.28. The van der Waals surface area contributed by atoms with Crippen LogP contribution in [0.3, 0.4) is 0 Å². The summed E-state index contributed by atoms with van der Waals surface area (Å²) in [4.78, 5) is 2.32. The third kappa shape index (κ3) is 4.12. The molecule has 1 aliphatic heterocycles.